The van der Waals surface area contributed by atoms with Gasteiger partial charge in [-0.15, -0.1) is 11.3 Å². The maximum absolute atomic E-state index is 13.7. The predicted molar refractivity (Wildman–Crippen MR) is 124 cm³/mol. The monoisotopic (exact) mass is 443 g/mol. The Hall–Kier alpha value is -3.71. The standard InChI is InChI=1S/C25H21N3O3S/c29-25(26-18-9-10-21-22(15-18)31-13-12-30-21)28-16-17-5-1-2-6-19(17)27-11-3-7-20(27)24(28)23-8-4-14-32-23/h1-11,14-15,24H,12-13,16H2,(H,26,29)/t24-/m1/s1. The number of benzene rings is 2. The summed E-state index contributed by atoms with van der Waals surface area (Å²) in [7, 11) is 0. The Morgan fingerprint density at radius 2 is 1.84 bits per heavy atom. The molecule has 2 amide bonds. The summed E-state index contributed by atoms with van der Waals surface area (Å²) in [4.78, 5) is 16.7. The van der Waals surface area contributed by atoms with E-state index in [2.05, 4.69) is 45.7 Å². The van der Waals surface area contributed by atoms with Crippen LogP contribution >= 0.6 is 11.3 Å². The number of hydrogen-bond acceptors (Lipinski definition) is 4. The van der Waals surface area contributed by atoms with E-state index in [-0.39, 0.29) is 12.1 Å². The molecule has 4 aromatic rings. The number of aromatic nitrogens is 1. The Morgan fingerprint density at radius 3 is 2.72 bits per heavy atom. The van der Waals surface area contributed by atoms with Crippen molar-refractivity contribution in [2.24, 2.45) is 0 Å². The van der Waals surface area contributed by atoms with Gasteiger partial charge < -0.3 is 24.3 Å². The van der Waals surface area contributed by atoms with Crippen molar-refractivity contribution in [1.29, 1.82) is 0 Å². The van der Waals surface area contributed by atoms with E-state index >= 15 is 0 Å². The highest BCUT2D eigenvalue weighted by atomic mass is 32.1. The second-order valence-corrected chi connectivity index (χ2v) is 8.75. The van der Waals surface area contributed by atoms with E-state index in [1.54, 1.807) is 11.3 Å². The third-order valence-corrected chi connectivity index (χ3v) is 6.76. The molecule has 0 spiro atoms. The molecule has 1 atom stereocenters. The Balaban J connectivity index is 1.40. The quantitative estimate of drug-likeness (QED) is 0.448. The van der Waals surface area contributed by atoms with Crippen molar-refractivity contribution in [3.05, 3.63) is 94.4 Å². The fourth-order valence-electron chi connectivity index (χ4n) is 4.40. The highest BCUT2D eigenvalue weighted by molar-refractivity contribution is 7.10. The number of nitrogens with zero attached hydrogens (tertiary/aromatic N) is 2. The molecule has 1 N–H and O–H groups in total. The first-order valence-electron chi connectivity index (χ1n) is 10.5. The second-order valence-electron chi connectivity index (χ2n) is 7.77. The molecule has 0 aliphatic carbocycles. The molecule has 0 radical (unpaired) electrons. The molecule has 0 saturated heterocycles. The lowest BCUT2D eigenvalue weighted by molar-refractivity contribution is 0.171. The average molecular weight is 444 g/mol. The minimum absolute atomic E-state index is 0.162. The number of anilines is 1. The van der Waals surface area contributed by atoms with Gasteiger partial charge in [-0.1, -0.05) is 24.3 Å². The molecule has 2 aromatic carbocycles. The summed E-state index contributed by atoms with van der Waals surface area (Å²) in [5.74, 6) is 1.35. The lowest BCUT2D eigenvalue weighted by atomic mass is 10.1. The van der Waals surface area contributed by atoms with Crippen LogP contribution in [0.1, 0.15) is 22.2 Å². The largest absolute Gasteiger partial charge is 0.486 e. The number of ether oxygens (including phenoxy) is 2. The number of rotatable bonds is 2. The van der Waals surface area contributed by atoms with E-state index in [0.717, 1.165) is 21.8 Å². The number of fused-ring (bicyclic) bond motifs is 4. The Morgan fingerprint density at radius 1 is 0.969 bits per heavy atom. The van der Waals surface area contributed by atoms with Crippen molar-refractivity contribution in [1.82, 2.24) is 9.47 Å². The fraction of sp³-hybridized carbons (Fsp3) is 0.160. The number of carbonyl (C=O) groups is 1. The van der Waals surface area contributed by atoms with E-state index in [0.29, 0.717) is 36.9 Å². The van der Waals surface area contributed by atoms with Crippen molar-refractivity contribution in [3.8, 4) is 17.2 Å². The Bertz CT molecular complexity index is 1280. The summed E-state index contributed by atoms with van der Waals surface area (Å²) in [6, 6.07) is 21.6. The van der Waals surface area contributed by atoms with Crippen LogP contribution in [0.25, 0.3) is 5.69 Å². The second kappa shape index (κ2) is 7.76. The molecule has 0 unspecified atom stereocenters. The number of amides is 2. The number of urea groups is 1. The molecule has 2 aliphatic heterocycles. The van der Waals surface area contributed by atoms with E-state index in [9.17, 15) is 4.79 Å². The summed E-state index contributed by atoms with van der Waals surface area (Å²) < 4.78 is 13.5. The van der Waals surface area contributed by atoms with Gasteiger partial charge in [0.25, 0.3) is 0 Å². The first-order chi connectivity index (χ1) is 15.8. The molecular formula is C25H21N3O3S. The SMILES string of the molecule is O=C(Nc1ccc2c(c1)OCCO2)N1Cc2ccccc2-n2cccc2[C@@H]1c1cccs1. The van der Waals surface area contributed by atoms with Gasteiger partial charge in [0.05, 0.1) is 17.9 Å². The van der Waals surface area contributed by atoms with Crippen LogP contribution in [0, 0.1) is 0 Å². The Kier molecular flexibility index (Phi) is 4.61. The average Bonchev–Trinajstić information content (AvgIpc) is 3.50. The molecule has 0 fully saturated rings. The molecule has 2 aliphatic rings. The molecule has 32 heavy (non-hydrogen) atoms. The van der Waals surface area contributed by atoms with Gasteiger partial charge in [-0.3, -0.25) is 0 Å². The maximum atomic E-state index is 13.7. The highest BCUT2D eigenvalue weighted by Crippen LogP contribution is 2.39. The molecular weight excluding hydrogens is 422 g/mol. The topological polar surface area (TPSA) is 55.7 Å². The third-order valence-electron chi connectivity index (χ3n) is 5.83. The van der Waals surface area contributed by atoms with Crippen molar-refractivity contribution in [2.75, 3.05) is 18.5 Å². The zero-order valence-corrected chi connectivity index (χ0v) is 18.0. The molecule has 0 saturated carbocycles. The number of carbonyl (C=O) groups excluding carboxylic acids is 1. The Labute approximate surface area is 189 Å². The van der Waals surface area contributed by atoms with E-state index in [1.165, 1.54) is 0 Å². The molecule has 160 valence electrons. The van der Waals surface area contributed by atoms with Crippen molar-refractivity contribution >= 4 is 23.1 Å². The first kappa shape index (κ1) is 19.0. The lowest BCUT2D eigenvalue weighted by Crippen LogP contribution is -2.37. The molecule has 0 bridgehead atoms. The summed E-state index contributed by atoms with van der Waals surface area (Å²) in [5, 5.41) is 5.14. The zero-order chi connectivity index (χ0) is 21.5. The third kappa shape index (κ3) is 3.22. The van der Waals surface area contributed by atoms with Crippen LogP contribution in [0.3, 0.4) is 0 Å². The summed E-state index contributed by atoms with van der Waals surface area (Å²) >= 11 is 1.66. The first-order valence-corrected chi connectivity index (χ1v) is 11.4. The van der Waals surface area contributed by atoms with Gasteiger partial charge in [0.15, 0.2) is 11.5 Å². The van der Waals surface area contributed by atoms with Gasteiger partial charge in [-0.25, -0.2) is 4.79 Å². The van der Waals surface area contributed by atoms with Crippen molar-refractivity contribution in [3.63, 3.8) is 0 Å². The van der Waals surface area contributed by atoms with Crippen LogP contribution in [0.15, 0.2) is 78.3 Å². The van der Waals surface area contributed by atoms with Crippen LogP contribution in [0.5, 0.6) is 11.5 Å². The van der Waals surface area contributed by atoms with E-state index < -0.39 is 0 Å². The number of para-hydroxylation sites is 1. The highest BCUT2D eigenvalue weighted by Gasteiger charge is 2.33. The lowest BCUT2D eigenvalue weighted by Gasteiger charge is -2.30. The van der Waals surface area contributed by atoms with Gasteiger partial charge in [-0.2, -0.15) is 0 Å². The van der Waals surface area contributed by atoms with Crippen LogP contribution in [0.2, 0.25) is 0 Å². The number of hydrogen-bond donors (Lipinski definition) is 1. The van der Waals surface area contributed by atoms with Gasteiger partial charge in [0, 0.05) is 22.8 Å². The summed E-state index contributed by atoms with van der Waals surface area (Å²) in [5.41, 5.74) is 3.94. The van der Waals surface area contributed by atoms with Gasteiger partial charge in [0.1, 0.15) is 19.3 Å². The predicted octanol–water partition coefficient (Wildman–Crippen LogP) is 5.45. The molecule has 2 aromatic heterocycles. The van der Waals surface area contributed by atoms with Gasteiger partial charge >= 0.3 is 6.03 Å². The van der Waals surface area contributed by atoms with Gasteiger partial charge in [0.2, 0.25) is 0 Å². The van der Waals surface area contributed by atoms with E-state index in [4.69, 9.17) is 9.47 Å². The summed E-state index contributed by atoms with van der Waals surface area (Å²) in [6.07, 6.45) is 2.07. The number of nitrogens with one attached hydrogen (secondary N) is 1. The molecule has 4 heterocycles. The zero-order valence-electron chi connectivity index (χ0n) is 17.2. The smallest absolute Gasteiger partial charge is 0.323 e. The van der Waals surface area contributed by atoms with E-state index in [1.807, 2.05) is 47.4 Å². The fourth-order valence-corrected chi connectivity index (χ4v) is 5.25. The van der Waals surface area contributed by atoms with Crippen molar-refractivity contribution < 1.29 is 14.3 Å². The minimum Gasteiger partial charge on any atom is -0.486 e. The molecule has 6 nitrogen and oxygen atoms in total. The van der Waals surface area contributed by atoms with Crippen LogP contribution < -0.4 is 14.8 Å². The normalized spacial score (nSPS) is 16.6. The minimum atomic E-state index is -0.199. The van der Waals surface area contributed by atoms with Crippen molar-refractivity contribution in [2.45, 2.75) is 12.6 Å². The van der Waals surface area contributed by atoms with Crippen LogP contribution in [-0.4, -0.2) is 28.7 Å². The van der Waals surface area contributed by atoms with Gasteiger partial charge in [-0.05, 0) is 47.3 Å². The molecule has 7 heteroatoms. The van der Waals surface area contributed by atoms with Crippen LogP contribution in [-0.2, 0) is 6.54 Å². The number of thiophene rings is 1. The molecule has 6 rings (SSSR count). The maximum Gasteiger partial charge on any atom is 0.323 e. The summed E-state index contributed by atoms with van der Waals surface area (Å²) in [6.45, 7) is 1.54. The van der Waals surface area contributed by atoms with Crippen LogP contribution in [0.4, 0.5) is 10.5 Å².